The molecule has 3 aromatic rings. The van der Waals surface area contributed by atoms with Gasteiger partial charge in [-0.1, -0.05) is 0 Å². The van der Waals surface area contributed by atoms with E-state index in [4.69, 9.17) is 30.2 Å². The first-order valence-electron chi connectivity index (χ1n) is 12.3. The van der Waals surface area contributed by atoms with E-state index in [9.17, 15) is 9.59 Å². The molecule has 0 saturated heterocycles. The molecule has 0 aliphatic rings. The molecule has 2 amide bonds. The Morgan fingerprint density at radius 1 is 1.18 bits per heavy atom. The third-order valence-corrected chi connectivity index (χ3v) is 5.50. The number of hydrogen-bond donors (Lipinski definition) is 1. The quantitative estimate of drug-likeness (QED) is 0.360. The predicted octanol–water partition coefficient (Wildman–Crippen LogP) is 5.38. The van der Waals surface area contributed by atoms with Crippen molar-refractivity contribution in [3.63, 3.8) is 0 Å². The van der Waals surface area contributed by atoms with Gasteiger partial charge in [0.15, 0.2) is 11.6 Å². The van der Waals surface area contributed by atoms with Gasteiger partial charge in [-0.3, -0.25) is 4.90 Å². The number of nitrogens with one attached hydrogen (secondary N) is 1. The van der Waals surface area contributed by atoms with Crippen molar-refractivity contribution in [3.05, 3.63) is 41.0 Å². The maximum Gasteiger partial charge on any atom is 0.416 e. The molecule has 0 spiro atoms. The van der Waals surface area contributed by atoms with Gasteiger partial charge >= 0.3 is 12.2 Å². The van der Waals surface area contributed by atoms with Crippen LogP contribution in [-0.2, 0) is 34.2 Å². The normalized spacial score (nSPS) is 12.9. The molecule has 3 heterocycles. The number of alkyl carbamates (subject to hydrolysis) is 1. The van der Waals surface area contributed by atoms with Gasteiger partial charge in [0.25, 0.3) is 0 Å². The molecule has 39 heavy (non-hydrogen) atoms. The van der Waals surface area contributed by atoms with Crippen molar-refractivity contribution in [2.24, 2.45) is 7.05 Å². The molecular formula is C26H35ClFN5O6. The van der Waals surface area contributed by atoms with E-state index in [-0.39, 0.29) is 47.4 Å². The zero-order valence-electron chi connectivity index (χ0n) is 23.4. The van der Waals surface area contributed by atoms with Crippen LogP contribution in [0.15, 0.2) is 22.8 Å². The van der Waals surface area contributed by atoms with E-state index in [1.54, 1.807) is 60.7 Å². The van der Waals surface area contributed by atoms with Crippen molar-refractivity contribution in [2.75, 3.05) is 18.6 Å². The molecule has 0 aliphatic heterocycles. The summed E-state index contributed by atoms with van der Waals surface area (Å²) in [4.78, 5) is 35.3. The maximum atomic E-state index is 16.2. The van der Waals surface area contributed by atoms with Crippen LogP contribution in [-0.4, -0.2) is 57.7 Å². The second-order valence-electron chi connectivity index (χ2n) is 11.0. The number of aryl methyl sites for hydroxylation is 1. The van der Waals surface area contributed by atoms with Crippen LogP contribution in [0, 0.1) is 5.82 Å². The molecule has 1 atom stereocenters. The predicted molar refractivity (Wildman–Crippen MR) is 143 cm³/mol. The number of ether oxygens (including phenoxy) is 3. The molecule has 214 valence electrons. The van der Waals surface area contributed by atoms with Crippen LogP contribution in [0.1, 0.15) is 53.0 Å². The van der Waals surface area contributed by atoms with Crippen LogP contribution in [0.2, 0.25) is 5.28 Å². The zero-order valence-corrected chi connectivity index (χ0v) is 24.2. The Balaban J connectivity index is 2.08. The number of carbonyl (C=O) groups excluding carboxylic acids is 2. The van der Waals surface area contributed by atoms with Crippen molar-refractivity contribution >= 4 is 40.6 Å². The van der Waals surface area contributed by atoms with Crippen LogP contribution in [0.4, 0.5) is 19.8 Å². The number of halogens is 2. The van der Waals surface area contributed by atoms with E-state index in [1.165, 1.54) is 17.9 Å². The highest BCUT2D eigenvalue weighted by Gasteiger charge is 2.32. The highest BCUT2D eigenvalue weighted by atomic mass is 35.5. The average molecular weight is 568 g/mol. The molecule has 3 aromatic heterocycles. The van der Waals surface area contributed by atoms with Gasteiger partial charge in [-0.05, 0) is 65.3 Å². The monoisotopic (exact) mass is 567 g/mol. The van der Waals surface area contributed by atoms with E-state index < -0.39 is 35.2 Å². The fraction of sp³-hybridized carbons (Fsp3) is 0.538. The van der Waals surface area contributed by atoms with E-state index in [0.29, 0.717) is 5.76 Å². The SMILES string of the molecule is COC[C@@H](Cc1c(F)c2c(N(Cc3ccco3)C(=O)OC(C)(C)C)nc(Cl)nc2n1C)NC(=O)OC(C)(C)C. The summed E-state index contributed by atoms with van der Waals surface area (Å²) in [5, 5.41) is 2.48. The van der Waals surface area contributed by atoms with Gasteiger partial charge in [-0.2, -0.15) is 9.97 Å². The topological polar surface area (TPSA) is 121 Å². The first kappa shape index (κ1) is 30.2. The molecule has 0 saturated carbocycles. The van der Waals surface area contributed by atoms with Crippen LogP contribution >= 0.6 is 11.6 Å². The number of methoxy groups -OCH3 is 1. The first-order valence-corrected chi connectivity index (χ1v) is 12.7. The fourth-order valence-electron chi connectivity index (χ4n) is 3.85. The largest absolute Gasteiger partial charge is 0.467 e. The highest BCUT2D eigenvalue weighted by Crippen LogP contribution is 2.34. The maximum absolute atomic E-state index is 16.2. The first-order chi connectivity index (χ1) is 18.1. The lowest BCUT2D eigenvalue weighted by molar-refractivity contribution is 0.0467. The summed E-state index contributed by atoms with van der Waals surface area (Å²) in [6.45, 7) is 10.4. The average Bonchev–Trinajstić information content (AvgIpc) is 3.37. The highest BCUT2D eigenvalue weighted by molar-refractivity contribution is 6.29. The standard InChI is InChI=1S/C26H35ClFN5O6/c1-25(2,3)38-23(34)29-15(14-36-8)12-17-19(28)18-20(32(17)7)30-22(27)31-21(18)33(13-16-10-9-11-37-16)24(35)39-26(4,5)6/h9-11,15H,12-14H2,1-8H3,(H,29,34)/t15-/m1/s1. The second-order valence-corrected chi connectivity index (χ2v) is 11.3. The summed E-state index contributed by atoms with van der Waals surface area (Å²) < 4.78 is 39.3. The minimum atomic E-state index is -0.838. The van der Waals surface area contributed by atoms with Crippen LogP contribution in [0.3, 0.4) is 0 Å². The number of nitrogens with zero attached hydrogens (tertiary/aromatic N) is 4. The lowest BCUT2D eigenvalue weighted by atomic mass is 10.1. The molecule has 0 radical (unpaired) electrons. The van der Waals surface area contributed by atoms with Crippen LogP contribution < -0.4 is 10.2 Å². The van der Waals surface area contributed by atoms with Gasteiger partial charge in [0.05, 0.1) is 36.5 Å². The Morgan fingerprint density at radius 3 is 2.41 bits per heavy atom. The Kier molecular flexibility index (Phi) is 9.12. The van der Waals surface area contributed by atoms with Crippen molar-refractivity contribution in [1.29, 1.82) is 0 Å². The molecule has 13 heteroatoms. The molecule has 0 bridgehead atoms. The van der Waals surface area contributed by atoms with E-state index in [2.05, 4.69) is 15.3 Å². The molecule has 1 N–H and O–H groups in total. The number of furan rings is 1. The van der Waals surface area contributed by atoms with Gasteiger partial charge < -0.3 is 28.5 Å². The van der Waals surface area contributed by atoms with Crippen LogP contribution in [0.25, 0.3) is 11.0 Å². The second kappa shape index (κ2) is 11.8. The summed E-state index contributed by atoms with van der Waals surface area (Å²) in [7, 11) is 3.08. The number of fused-ring (bicyclic) bond motifs is 1. The summed E-state index contributed by atoms with van der Waals surface area (Å²) in [6, 6.07) is 2.70. The number of rotatable bonds is 8. The van der Waals surface area contributed by atoms with Crippen molar-refractivity contribution < 1.29 is 32.6 Å². The third kappa shape index (κ3) is 7.82. The van der Waals surface area contributed by atoms with Gasteiger partial charge in [-0.15, -0.1) is 0 Å². The molecule has 0 unspecified atom stereocenters. The number of carbonyl (C=O) groups is 2. The van der Waals surface area contributed by atoms with Crippen molar-refractivity contribution in [3.8, 4) is 0 Å². The summed E-state index contributed by atoms with van der Waals surface area (Å²) in [5.41, 5.74) is -1.22. The molecule has 11 nitrogen and oxygen atoms in total. The van der Waals surface area contributed by atoms with Crippen LogP contribution in [0.5, 0.6) is 0 Å². The van der Waals surface area contributed by atoms with E-state index >= 15 is 4.39 Å². The Hall–Kier alpha value is -3.38. The zero-order chi connectivity index (χ0) is 29.1. The Labute approximate surface area is 231 Å². The smallest absolute Gasteiger partial charge is 0.416 e. The van der Waals surface area contributed by atoms with E-state index in [0.717, 1.165) is 4.90 Å². The minimum Gasteiger partial charge on any atom is -0.467 e. The van der Waals surface area contributed by atoms with Gasteiger partial charge in [-0.25, -0.2) is 14.0 Å². The van der Waals surface area contributed by atoms with Gasteiger partial charge in [0.1, 0.15) is 22.6 Å². The lowest BCUT2D eigenvalue weighted by Crippen LogP contribution is -2.43. The fourth-order valence-corrected chi connectivity index (χ4v) is 4.01. The number of hydrogen-bond acceptors (Lipinski definition) is 8. The molecular weight excluding hydrogens is 533 g/mol. The summed E-state index contributed by atoms with van der Waals surface area (Å²) in [5.74, 6) is -0.348. The summed E-state index contributed by atoms with van der Waals surface area (Å²) >= 11 is 6.25. The number of aromatic nitrogens is 3. The number of amides is 2. The third-order valence-electron chi connectivity index (χ3n) is 5.33. The van der Waals surface area contributed by atoms with E-state index in [1.807, 2.05) is 0 Å². The van der Waals surface area contributed by atoms with Crippen molar-refractivity contribution in [2.45, 2.75) is 71.8 Å². The van der Waals surface area contributed by atoms with Crippen molar-refractivity contribution in [1.82, 2.24) is 19.9 Å². The molecule has 0 aliphatic carbocycles. The Morgan fingerprint density at radius 2 is 1.85 bits per heavy atom. The molecule has 3 rings (SSSR count). The summed E-state index contributed by atoms with van der Waals surface area (Å²) in [6.07, 6.45) is 0.0402. The Bertz CT molecular complexity index is 1310. The molecule has 0 aromatic carbocycles. The lowest BCUT2D eigenvalue weighted by Gasteiger charge is -2.26. The minimum absolute atomic E-state index is 0.0213. The number of anilines is 1. The van der Waals surface area contributed by atoms with Gasteiger partial charge in [0.2, 0.25) is 5.28 Å². The van der Waals surface area contributed by atoms with Gasteiger partial charge in [0, 0.05) is 20.6 Å². The molecule has 0 fully saturated rings.